The second-order valence-corrected chi connectivity index (χ2v) is 4.70. The quantitative estimate of drug-likeness (QED) is 0.891. The molecule has 1 atom stereocenters. The minimum Gasteiger partial charge on any atom is -0.497 e. The topological polar surface area (TPSA) is 58.6 Å². The molecular weight excluding hydrogens is 280 g/mol. The highest BCUT2D eigenvalue weighted by molar-refractivity contribution is 6.07. The maximum atomic E-state index is 14.1. The van der Waals surface area contributed by atoms with E-state index >= 15 is 0 Å². The Morgan fingerprint density at radius 1 is 1.14 bits per heavy atom. The van der Waals surface area contributed by atoms with Crippen molar-refractivity contribution in [2.45, 2.75) is 5.60 Å². The van der Waals surface area contributed by atoms with E-state index in [1.54, 1.807) is 0 Å². The van der Waals surface area contributed by atoms with Crippen LogP contribution in [-0.4, -0.2) is 18.1 Å². The van der Waals surface area contributed by atoms with E-state index in [0.717, 1.165) is 18.2 Å². The summed E-state index contributed by atoms with van der Waals surface area (Å²) in [5, 5.41) is 13.1. The molecule has 0 saturated heterocycles. The van der Waals surface area contributed by atoms with Crippen LogP contribution in [0.15, 0.2) is 36.4 Å². The van der Waals surface area contributed by atoms with Crippen molar-refractivity contribution in [1.82, 2.24) is 0 Å². The van der Waals surface area contributed by atoms with Crippen molar-refractivity contribution in [3.05, 3.63) is 59.2 Å². The van der Waals surface area contributed by atoms with Gasteiger partial charge in [-0.1, -0.05) is 6.07 Å². The zero-order valence-electron chi connectivity index (χ0n) is 11.0. The van der Waals surface area contributed by atoms with Gasteiger partial charge in [-0.05, 0) is 30.3 Å². The molecule has 21 heavy (non-hydrogen) atoms. The first-order chi connectivity index (χ1) is 9.96. The summed E-state index contributed by atoms with van der Waals surface area (Å²) in [5.74, 6) is -1.87. The average Bonchev–Trinajstić information content (AvgIpc) is 2.71. The van der Waals surface area contributed by atoms with E-state index in [2.05, 4.69) is 5.32 Å². The van der Waals surface area contributed by atoms with Gasteiger partial charge in [-0.15, -0.1) is 0 Å². The van der Waals surface area contributed by atoms with Crippen molar-refractivity contribution >= 4 is 11.6 Å². The molecule has 3 rings (SSSR count). The third kappa shape index (κ3) is 1.87. The maximum Gasteiger partial charge on any atom is 0.265 e. The number of hydrogen-bond donors (Lipinski definition) is 2. The lowest BCUT2D eigenvalue weighted by atomic mass is 9.87. The molecule has 2 aromatic rings. The van der Waals surface area contributed by atoms with E-state index in [9.17, 15) is 18.7 Å². The third-order valence-corrected chi connectivity index (χ3v) is 3.51. The van der Waals surface area contributed by atoms with Crippen LogP contribution in [-0.2, 0) is 10.4 Å². The predicted octanol–water partition coefficient (Wildman–Crippen LogP) is 2.16. The first kappa shape index (κ1) is 13.5. The van der Waals surface area contributed by atoms with E-state index < -0.39 is 23.1 Å². The van der Waals surface area contributed by atoms with Gasteiger partial charge in [0, 0.05) is 11.1 Å². The van der Waals surface area contributed by atoms with E-state index in [1.807, 2.05) is 0 Å². The Bertz CT molecular complexity index is 748. The van der Waals surface area contributed by atoms with Crippen LogP contribution in [0.1, 0.15) is 11.1 Å². The number of aliphatic hydroxyl groups is 1. The lowest BCUT2D eigenvalue weighted by Crippen LogP contribution is -2.36. The van der Waals surface area contributed by atoms with E-state index in [4.69, 9.17) is 4.74 Å². The maximum absolute atomic E-state index is 14.1. The van der Waals surface area contributed by atoms with Crippen LogP contribution in [0.25, 0.3) is 0 Å². The molecule has 6 heteroatoms. The summed E-state index contributed by atoms with van der Waals surface area (Å²) in [4.78, 5) is 12.1. The molecule has 108 valence electrons. The van der Waals surface area contributed by atoms with Crippen LogP contribution in [0.5, 0.6) is 5.75 Å². The fourth-order valence-corrected chi connectivity index (χ4v) is 2.45. The monoisotopic (exact) mass is 291 g/mol. The van der Waals surface area contributed by atoms with Crippen molar-refractivity contribution in [3.8, 4) is 5.75 Å². The van der Waals surface area contributed by atoms with Crippen LogP contribution in [0, 0.1) is 11.6 Å². The fraction of sp³-hybridized carbons (Fsp3) is 0.133. The highest BCUT2D eigenvalue weighted by Crippen LogP contribution is 2.42. The number of methoxy groups -OCH3 is 1. The van der Waals surface area contributed by atoms with Gasteiger partial charge in [0.05, 0.1) is 12.8 Å². The SMILES string of the molecule is COc1ccc(F)c(C2(O)C(=O)Nc3cc(F)ccc32)c1. The zero-order chi connectivity index (χ0) is 15.2. The number of carbonyl (C=O) groups excluding carboxylic acids is 1. The van der Waals surface area contributed by atoms with Crippen molar-refractivity contribution < 1.29 is 23.4 Å². The minimum absolute atomic E-state index is 0.0982. The van der Waals surface area contributed by atoms with Crippen LogP contribution < -0.4 is 10.1 Å². The zero-order valence-corrected chi connectivity index (χ0v) is 11.0. The van der Waals surface area contributed by atoms with Gasteiger partial charge in [-0.25, -0.2) is 8.78 Å². The number of hydrogen-bond acceptors (Lipinski definition) is 3. The number of anilines is 1. The molecular formula is C15H11F2NO3. The molecule has 0 spiro atoms. The van der Waals surface area contributed by atoms with Gasteiger partial charge < -0.3 is 15.2 Å². The Labute approximate surface area is 119 Å². The molecule has 0 aliphatic carbocycles. The van der Waals surface area contributed by atoms with Gasteiger partial charge in [-0.2, -0.15) is 0 Å². The summed E-state index contributed by atoms with van der Waals surface area (Å²) in [5.41, 5.74) is -2.25. The summed E-state index contributed by atoms with van der Waals surface area (Å²) in [6, 6.07) is 7.14. The van der Waals surface area contributed by atoms with E-state index in [1.165, 1.54) is 25.3 Å². The number of amides is 1. The molecule has 0 radical (unpaired) electrons. The molecule has 0 fully saturated rings. The normalized spacial score (nSPS) is 20.1. The largest absolute Gasteiger partial charge is 0.497 e. The van der Waals surface area contributed by atoms with Crippen LogP contribution >= 0.6 is 0 Å². The number of benzene rings is 2. The van der Waals surface area contributed by atoms with E-state index in [-0.39, 0.29) is 16.8 Å². The molecule has 0 saturated carbocycles. The third-order valence-electron chi connectivity index (χ3n) is 3.51. The molecule has 1 unspecified atom stereocenters. The Balaban J connectivity index is 2.24. The van der Waals surface area contributed by atoms with Crippen molar-refractivity contribution in [2.75, 3.05) is 12.4 Å². The smallest absolute Gasteiger partial charge is 0.265 e. The summed E-state index contributed by atoms with van der Waals surface area (Å²) in [6.07, 6.45) is 0. The van der Waals surface area contributed by atoms with Crippen molar-refractivity contribution in [3.63, 3.8) is 0 Å². The highest BCUT2D eigenvalue weighted by Gasteiger charge is 2.48. The van der Waals surface area contributed by atoms with Crippen LogP contribution in [0.4, 0.5) is 14.5 Å². The Morgan fingerprint density at radius 3 is 2.62 bits per heavy atom. The minimum atomic E-state index is -2.22. The van der Waals surface area contributed by atoms with Crippen LogP contribution in [0.3, 0.4) is 0 Å². The molecule has 1 amide bonds. The Morgan fingerprint density at radius 2 is 1.90 bits per heavy atom. The van der Waals surface area contributed by atoms with Crippen molar-refractivity contribution in [2.24, 2.45) is 0 Å². The van der Waals surface area contributed by atoms with Gasteiger partial charge in [0.15, 0.2) is 5.60 Å². The summed E-state index contributed by atoms with van der Waals surface area (Å²) >= 11 is 0. The van der Waals surface area contributed by atoms with Gasteiger partial charge in [0.25, 0.3) is 5.91 Å². The molecule has 1 heterocycles. The molecule has 2 N–H and O–H groups in total. The van der Waals surface area contributed by atoms with E-state index in [0.29, 0.717) is 5.75 Å². The predicted molar refractivity (Wildman–Crippen MR) is 71.0 cm³/mol. The number of fused-ring (bicyclic) bond motifs is 1. The average molecular weight is 291 g/mol. The molecule has 2 aromatic carbocycles. The van der Waals surface area contributed by atoms with Crippen LogP contribution in [0.2, 0.25) is 0 Å². The summed E-state index contributed by atoms with van der Waals surface area (Å²) in [6.45, 7) is 0. The fourth-order valence-electron chi connectivity index (χ4n) is 2.45. The second kappa shape index (κ2) is 4.53. The number of ether oxygens (including phenoxy) is 1. The summed E-state index contributed by atoms with van der Waals surface area (Å²) < 4.78 is 32.3. The lowest BCUT2D eigenvalue weighted by molar-refractivity contribution is -0.129. The van der Waals surface area contributed by atoms with Gasteiger partial charge >= 0.3 is 0 Å². The standard InChI is InChI=1S/C15H11F2NO3/c1-21-9-3-5-12(17)11(7-9)15(20)10-4-2-8(16)6-13(10)18-14(15)19/h2-7,20H,1H3,(H,18,19). The molecule has 4 nitrogen and oxygen atoms in total. The summed E-state index contributed by atoms with van der Waals surface area (Å²) in [7, 11) is 1.39. The number of halogens is 2. The number of carbonyl (C=O) groups is 1. The Hall–Kier alpha value is -2.47. The first-order valence-corrected chi connectivity index (χ1v) is 6.14. The molecule has 1 aliphatic rings. The first-order valence-electron chi connectivity index (χ1n) is 6.14. The number of nitrogens with one attached hydrogen (secondary N) is 1. The number of rotatable bonds is 2. The molecule has 1 aliphatic heterocycles. The second-order valence-electron chi connectivity index (χ2n) is 4.70. The van der Waals surface area contributed by atoms with Gasteiger partial charge in [0.1, 0.15) is 17.4 Å². The lowest BCUT2D eigenvalue weighted by Gasteiger charge is -2.22. The molecule has 0 aromatic heterocycles. The van der Waals surface area contributed by atoms with Crippen molar-refractivity contribution in [1.29, 1.82) is 0 Å². The Kier molecular flexibility index (Phi) is 2.91. The van der Waals surface area contributed by atoms with Gasteiger partial charge in [0.2, 0.25) is 0 Å². The highest BCUT2D eigenvalue weighted by atomic mass is 19.1. The van der Waals surface area contributed by atoms with Gasteiger partial charge in [-0.3, -0.25) is 4.79 Å². The molecule has 0 bridgehead atoms.